The zero-order valence-electron chi connectivity index (χ0n) is 16.8. The zero-order chi connectivity index (χ0) is 21.1. The number of anilines is 1. The first kappa shape index (κ1) is 20.7. The molecule has 1 N–H and O–H groups in total. The highest BCUT2D eigenvalue weighted by molar-refractivity contribution is 7.18. The number of amides is 1. The Bertz CT molecular complexity index is 1110. The van der Waals surface area contributed by atoms with E-state index in [1.54, 1.807) is 14.0 Å². The number of carbonyl (C=O) groups excluding carboxylic acids is 2. The molecular formula is C19H23N5O4S. The van der Waals surface area contributed by atoms with Crippen molar-refractivity contribution in [3.8, 4) is 0 Å². The number of hydrogen-bond acceptors (Lipinski definition) is 7. The minimum absolute atomic E-state index is 0.156. The molecule has 3 heterocycles. The van der Waals surface area contributed by atoms with Gasteiger partial charge in [-0.15, -0.1) is 11.3 Å². The number of esters is 1. The number of fused-ring (bicyclic) bond motifs is 1. The Morgan fingerprint density at radius 3 is 2.72 bits per heavy atom. The molecule has 154 valence electrons. The van der Waals surface area contributed by atoms with Crippen molar-refractivity contribution in [1.82, 2.24) is 19.3 Å². The molecular weight excluding hydrogens is 394 g/mol. The molecule has 1 amide bonds. The van der Waals surface area contributed by atoms with Crippen molar-refractivity contribution in [2.75, 3.05) is 11.9 Å². The summed E-state index contributed by atoms with van der Waals surface area (Å²) in [5.41, 5.74) is -0.104. The normalized spacial score (nSPS) is 12.1. The van der Waals surface area contributed by atoms with Crippen molar-refractivity contribution >= 4 is 39.2 Å². The Morgan fingerprint density at radius 1 is 1.31 bits per heavy atom. The van der Waals surface area contributed by atoms with E-state index >= 15 is 0 Å². The average Bonchev–Trinajstić information content (AvgIpc) is 3.29. The summed E-state index contributed by atoms with van der Waals surface area (Å²) in [5, 5.41) is 7.25. The van der Waals surface area contributed by atoms with Crippen LogP contribution < -0.4 is 10.9 Å². The third-order valence-electron chi connectivity index (χ3n) is 4.58. The van der Waals surface area contributed by atoms with Gasteiger partial charge in [-0.2, -0.15) is 5.10 Å². The number of thiophene rings is 1. The second kappa shape index (κ2) is 8.56. The fourth-order valence-corrected chi connectivity index (χ4v) is 3.96. The van der Waals surface area contributed by atoms with Crippen LogP contribution in [-0.4, -0.2) is 37.8 Å². The molecule has 3 aromatic heterocycles. The lowest BCUT2D eigenvalue weighted by molar-refractivity contribution is -0.119. The molecule has 0 aliphatic heterocycles. The monoisotopic (exact) mass is 417 g/mol. The number of hydrogen-bond donors (Lipinski definition) is 1. The molecule has 0 saturated heterocycles. The number of rotatable bonds is 7. The molecule has 10 heteroatoms. The molecule has 0 bridgehead atoms. The van der Waals surface area contributed by atoms with E-state index in [1.165, 1.54) is 33.1 Å². The smallest absolute Gasteiger partial charge is 0.343 e. The number of aryl methyl sites for hydroxylation is 2. The van der Waals surface area contributed by atoms with E-state index in [4.69, 9.17) is 4.74 Å². The Morgan fingerprint density at radius 2 is 2.07 bits per heavy atom. The van der Waals surface area contributed by atoms with E-state index in [9.17, 15) is 14.4 Å². The molecule has 1 atom stereocenters. The number of ether oxygens (including phenoxy) is 1. The highest BCUT2D eigenvalue weighted by Gasteiger charge is 2.25. The lowest BCUT2D eigenvalue weighted by Crippen LogP contribution is -2.33. The maximum Gasteiger partial charge on any atom is 0.343 e. The first-order chi connectivity index (χ1) is 13.9. The summed E-state index contributed by atoms with van der Waals surface area (Å²) < 4.78 is 7.73. The molecule has 0 aromatic carbocycles. The van der Waals surface area contributed by atoms with Gasteiger partial charge in [0.25, 0.3) is 5.56 Å². The minimum atomic E-state index is -0.783. The molecule has 0 aliphatic rings. The lowest BCUT2D eigenvalue weighted by Gasteiger charge is -2.18. The van der Waals surface area contributed by atoms with Crippen molar-refractivity contribution in [3.05, 3.63) is 39.4 Å². The minimum Gasteiger partial charge on any atom is -0.462 e. The molecule has 0 saturated carbocycles. The number of aromatic nitrogens is 4. The highest BCUT2D eigenvalue weighted by Crippen LogP contribution is 2.23. The summed E-state index contributed by atoms with van der Waals surface area (Å²) >= 11 is 1.48. The van der Waals surface area contributed by atoms with Crippen LogP contribution in [0.1, 0.15) is 48.5 Å². The van der Waals surface area contributed by atoms with Crippen LogP contribution in [0.25, 0.3) is 10.2 Å². The molecule has 3 aromatic rings. The SMILES string of the molecule is CCOC(=O)c1cnn(C)c1NC(=O)C(CC)n1cnc2sc(CC)cc2c1=O. The average molecular weight is 417 g/mol. The third kappa shape index (κ3) is 3.93. The highest BCUT2D eigenvalue weighted by atomic mass is 32.1. The third-order valence-corrected chi connectivity index (χ3v) is 5.76. The van der Waals surface area contributed by atoms with Gasteiger partial charge in [0.2, 0.25) is 5.91 Å². The van der Waals surface area contributed by atoms with Gasteiger partial charge in [-0.3, -0.25) is 18.8 Å². The van der Waals surface area contributed by atoms with Crippen LogP contribution in [0.4, 0.5) is 5.82 Å². The Hall–Kier alpha value is -3.01. The van der Waals surface area contributed by atoms with E-state index in [1.807, 2.05) is 19.9 Å². The standard InChI is InChI=1S/C19H23N5O4S/c1-5-11-8-12-17(29-11)20-10-24(18(12)26)14(6-2)16(25)22-15-13(9-21-23(15)4)19(27)28-7-3/h8-10,14H,5-7H2,1-4H3,(H,22,25). The van der Waals surface area contributed by atoms with E-state index < -0.39 is 17.9 Å². The van der Waals surface area contributed by atoms with Crippen LogP contribution in [-0.2, 0) is 23.0 Å². The van der Waals surface area contributed by atoms with Crippen LogP contribution in [0, 0.1) is 0 Å². The molecule has 9 nitrogen and oxygen atoms in total. The van der Waals surface area contributed by atoms with Crippen LogP contribution in [0.15, 0.2) is 23.4 Å². The molecule has 0 radical (unpaired) electrons. The second-order valence-corrected chi connectivity index (χ2v) is 7.52. The first-order valence-corrected chi connectivity index (χ1v) is 10.2. The number of nitrogens with one attached hydrogen (secondary N) is 1. The molecule has 3 rings (SSSR count). The predicted molar refractivity (Wildman–Crippen MR) is 110 cm³/mol. The molecule has 0 aliphatic carbocycles. The molecule has 0 spiro atoms. The molecule has 29 heavy (non-hydrogen) atoms. The Kier molecular flexibility index (Phi) is 6.12. The largest absolute Gasteiger partial charge is 0.462 e. The fourth-order valence-electron chi connectivity index (χ4n) is 3.04. The van der Waals surface area contributed by atoms with Crippen LogP contribution in [0.5, 0.6) is 0 Å². The topological polar surface area (TPSA) is 108 Å². The second-order valence-electron chi connectivity index (χ2n) is 6.41. The van der Waals surface area contributed by atoms with Gasteiger partial charge in [0, 0.05) is 11.9 Å². The van der Waals surface area contributed by atoms with E-state index in [-0.39, 0.29) is 23.5 Å². The zero-order valence-corrected chi connectivity index (χ0v) is 17.6. The van der Waals surface area contributed by atoms with Gasteiger partial charge >= 0.3 is 5.97 Å². The first-order valence-electron chi connectivity index (χ1n) is 9.40. The van der Waals surface area contributed by atoms with Gasteiger partial charge in [-0.1, -0.05) is 13.8 Å². The van der Waals surface area contributed by atoms with Gasteiger partial charge in [0.05, 0.1) is 24.5 Å². The van der Waals surface area contributed by atoms with E-state index in [0.29, 0.717) is 16.6 Å². The Labute approximate surface area is 171 Å². The fraction of sp³-hybridized carbons (Fsp3) is 0.421. The van der Waals surface area contributed by atoms with Crippen molar-refractivity contribution in [1.29, 1.82) is 0 Å². The van der Waals surface area contributed by atoms with Gasteiger partial charge in [-0.05, 0) is 25.8 Å². The van der Waals surface area contributed by atoms with Crippen molar-refractivity contribution in [2.24, 2.45) is 7.05 Å². The quantitative estimate of drug-likeness (QED) is 0.592. The summed E-state index contributed by atoms with van der Waals surface area (Å²) in [6.07, 6.45) is 3.93. The number of nitrogens with zero attached hydrogens (tertiary/aromatic N) is 4. The van der Waals surface area contributed by atoms with Crippen LogP contribution in [0.3, 0.4) is 0 Å². The van der Waals surface area contributed by atoms with Gasteiger partial charge in [0.1, 0.15) is 22.3 Å². The summed E-state index contributed by atoms with van der Waals surface area (Å²) in [7, 11) is 1.61. The summed E-state index contributed by atoms with van der Waals surface area (Å²) in [6, 6.07) is 1.05. The van der Waals surface area contributed by atoms with E-state index in [0.717, 1.165) is 11.3 Å². The number of carbonyl (C=O) groups is 2. The summed E-state index contributed by atoms with van der Waals surface area (Å²) in [6.45, 7) is 5.73. The van der Waals surface area contributed by atoms with Gasteiger partial charge < -0.3 is 10.1 Å². The Balaban J connectivity index is 1.94. The van der Waals surface area contributed by atoms with Gasteiger partial charge in [-0.25, -0.2) is 9.78 Å². The lowest BCUT2D eigenvalue weighted by atomic mass is 10.2. The van der Waals surface area contributed by atoms with Crippen LogP contribution in [0.2, 0.25) is 0 Å². The molecule has 1 unspecified atom stereocenters. The predicted octanol–water partition coefficient (Wildman–Crippen LogP) is 2.52. The van der Waals surface area contributed by atoms with Crippen molar-refractivity contribution in [3.63, 3.8) is 0 Å². The van der Waals surface area contributed by atoms with Crippen molar-refractivity contribution in [2.45, 2.75) is 39.7 Å². The van der Waals surface area contributed by atoms with Gasteiger partial charge in [0.15, 0.2) is 0 Å². The summed E-state index contributed by atoms with van der Waals surface area (Å²) in [4.78, 5) is 44.1. The molecule has 0 fully saturated rings. The maximum atomic E-state index is 13.0. The van der Waals surface area contributed by atoms with E-state index in [2.05, 4.69) is 15.4 Å². The van der Waals surface area contributed by atoms with Crippen molar-refractivity contribution < 1.29 is 14.3 Å². The summed E-state index contributed by atoms with van der Waals surface area (Å²) in [5.74, 6) is -0.789. The van der Waals surface area contributed by atoms with Crippen LogP contribution >= 0.6 is 11.3 Å². The maximum absolute atomic E-state index is 13.0.